The lowest BCUT2D eigenvalue weighted by Gasteiger charge is -2.13. The minimum Gasteiger partial charge on any atom is -0.370 e. The smallest absolute Gasteiger partial charge is 0.251 e. The summed E-state index contributed by atoms with van der Waals surface area (Å²) in [5.74, 6) is 1.56. The Labute approximate surface area is 220 Å². The van der Waals surface area contributed by atoms with Crippen LogP contribution in [0.2, 0.25) is 0 Å². The van der Waals surface area contributed by atoms with Gasteiger partial charge in [0.1, 0.15) is 11.6 Å². The van der Waals surface area contributed by atoms with E-state index in [1.807, 2.05) is 84.8 Å². The quantitative estimate of drug-likeness (QED) is 0.230. The lowest BCUT2D eigenvalue weighted by Crippen LogP contribution is -2.26. The van der Waals surface area contributed by atoms with E-state index >= 15 is 0 Å². The third-order valence-corrected chi connectivity index (χ3v) is 6.67. The second kappa shape index (κ2) is 10.4. The van der Waals surface area contributed by atoms with Gasteiger partial charge < -0.3 is 20.5 Å². The van der Waals surface area contributed by atoms with Crippen molar-refractivity contribution in [3.63, 3.8) is 0 Å². The summed E-state index contributed by atoms with van der Waals surface area (Å²) in [5, 5.41) is 14.7. The number of fused-ring (bicyclic) bond motifs is 1. The van der Waals surface area contributed by atoms with Crippen LogP contribution in [-0.4, -0.2) is 42.6 Å². The molecule has 9 nitrogen and oxygen atoms in total. The Morgan fingerprint density at radius 2 is 1.97 bits per heavy atom. The molecule has 1 fully saturated rings. The fourth-order valence-corrected chi connectivity index (χ4v) is 4.50. The fourth-order valence-electron chi connectivity index (χ4n) is 4.50. The summed E-state index contributed by atoms with van der Waals surface area (Å²) >= 11 is 0. The molecule has 0 radical (unpaired) electrons. The normalized spacial score (nSPS) is 13.0. The minimum atomic E-state index is -0.00827. The van der Waals surface area contributed by atoms with Gasteiger partial charge in [-0.25, -0.2) is 9.97 Å². The van der Waals surface area contributed by atoms with E-state index in [0.717, 1.165) is 72.0 Å². The molecule has 1 saturated carbocycles. The number of amides is 1. The van der Waals surface area contributed by atoms with Crippen molar-refractivity contribution in [1.82, 2.24) is 29.5 Å². The Bertz CT molecular complexity index is 1550. The number of hydrogen-bond acceptors (Lipinski definition) is 6. The molecule has 0 spiro atoms. The Morgan fingerprint density at radius 3 is 2.74 bits per heavy atom. The van der Waals surface area contributed by atoms with Crippen molar-refractivity contribution in [3.05, 3.63) is 90.6 Å². The van der Waals surface area contributed by atoms with E-state index in [2.05, 4.69) is 30.6 Å². The Balaban J connectivity index is 1.30. The van der Waals surface area contributed by atoms with Gasteiger partial charge in [0.05, 0.1) is 12.5 Å². The maximum atomic E-state index is 12.6. The Morgan fingerprint density at radius 1 is 1.11 bits per heavy atom. The minimum absolute atomic E-state index is 0.00827. The molecule has 192 valence electrons. The Hall–Kier alpha value is -4.66. The molecule has 1 aliphatic rings. The third-order valence-electron chi connectivity index (χ3n) is 6.67. The number of hydrogen-bond donors (Lipinski definition) is 3. The molecule has 9 heteroatoms. The first-order valence-corrected chi connectivity index (χ1v) is 13.0. The summed E-state index contributed by atoms with van der Waals surface area (Å²) in [5.41, 5.74) is 5.19. The molecular formula is C29H30N8O. The number of carbonyl (C=O) groups excluding carboxylic acids is 1. The number of aryl methyl sites for hydroxylation is 2. The van der Waals surface area contributed by atoms with Crippen LogP contribution in [0.25, 0.3) is 16.8 Å². The van der Waals surface area contributed by atoms with Crippen LogP contribution in [-0.2, 0) is 6.54 Å². The van der Waals surface area contributed by atoms with Crippen molar-refractivity contribution >= 4 is 28.9 Å². The molecule has 0 bridgehead atoms. The number of anilines is 3. The first-order chi connectivity index (χ1) is 18.6. The van der Waals surface area contributed by atoms with Gasteiger partial charge in [0.25, 0.3) is 5.91 Å². The topological polar surface area (TPSA) is 101 Å². The van der Waals surface area contributed by atoms with Gasteiger partial charge >= 0.3 is 0 Å². The number of nitrogens with one attached hydrogen (secondary N) is 3. The summed E-state index contributed by atoms with van der Waals surface area (Å²) in [4.78, 5) is 21.7. The van der Waals surface area contributed by atoms with Crippen molar-refractivity contribution in [2.24, 2.45) is 0 Å². The molecule has 0 saturated heterocycles. The van der Waals surface area contributed by atoms with Crippen LogP contribution in [0, 0.1) is 6.92 Å². The van der Waals surface area contributed by atoms with Crippen LogP contribution in [0.1, 0.15) is 35.2 Å². The molecule has 1 amide bonds. The highest BCUT2D eigenvalue weighted by Crippen LogP contribution is 2.30. The summed E-state index contributed by atoms with van der Waals surface area (Å²) < 4.78 is 3.90. The van der Waals surface area contributed by atoms with Gasteiger partial charge in [0.2, 0.25) is 0 Å². The second-order valence-electron chi connectivity index (χ2n) is 9.67. The van der Waals surface area contributed by atoms with Crippen LogP contribution in [0.4, 0.5) is 17.3 Å². The molecule has 0 aliphatic heterocycles. The number of carbonyl (C=O) groups is 1. The van der Waals surface area contributed by atoms with Gasteiger partial charge in [-0.15, -0.1) is 0 Å². The van der Waals surface area contributed by atoms with Gasteiger partial charge in [-0.3, -0.25) is 4.79 Å². The molecule has 1 aliphatic carbocycles. The molecule has 2 aromatic carbocycles. The van der Waals surface area contributed by atoms with Crippen LogP contribution < -0.4 is 16.0 Å². The molecule has 3 N–H and O–H groups in total. The lowest BCUT2D eigenvalue weighted by atomic mass is 10.0. The van der Waals surface area contributed by atoms with E-state index in [-0.39, 0.29) is 5.91 Å². The van der Waals surface area contributed by atoms with Crippen LogP contribution in [0.5, 0.6) is 0 Å². The van der Waals surface area contributed by atoms with Gasteiger partial charge in [0, 0.05) is 54.4 Å². The average molecular weight is 507 g/mol. The zero-order valence-electron chi connectivity index (χ0n) is 21.3. The highest BCUT2D eigenvalue weighted by molar-refractivity contribution is 5.97. The standard InChI is InChI=1S/C29H30N8O/c1-20-16-21(8-11-24(20)29(38)34-23-9-10-23)25-18-32-37-27(31-12-5-14-36-15-13-30-19-36)17-26(35-28(25)37)33-22-6-3-2-4-7-22/h2-4,6-8,11,13,15-19,23,31H,5,9-10,12,14H2,1H3,(H,33,35)(H,34,38). The number of benzene rings is 2. The predicted molar refractivity (Wildman–Crippen MR) is 149 cm³/mol. The number of nitrogens with zero attached hydrogens (tertiary/aromatic N) is 5. The monoisotopic (exact) mass is 506 g/mol. The van der Waals surface area contributed by atoms with Crippen molar-refractivity contribution < 1.29 is 4.79 Å². The predicted octanol–water partition coefficient (Wildman–Crippen LogP) is 5.04. The van der Waals surface area contributed by atoms with E-state index in [4.69, 9.17) is 4.98 Å². The van der Waals surface area contributed by atoms with E-state index in [9.17, 15) is 4.79 Å². The van der Waals surface area contributed by atoms with Crippen molar-refractivity contribution in [3.8, 4) is 11.1 Å². The fraction of sp³-hybridized carbons (Fsp3) is 0.241. The molecule has 3 heterocycles. The van der Waals surface area contributed by atoms with E-state index in [1.54, 1.807) is 6.20 Å². The van der Waals surface area contributed by atoms with Gasteiger partial charge in [-0.2, -0.15) is 9.61 Å². The summed E-state index contributed by atoms with van der Waals surface area (Å²) in [6.45, 7) is 3.61. The zero-order valence-corrected chi connectivity index (χ0v) is 21.3. The molecule has 3 aromatic heterocycles. The Kier molecular flexibility index (Phi) is 6.47. The molecule has 0 unspecified atom stereocenters. The number of imidazole rings is 1. The first kappa shape index (κ1) is 23.7. The molecular weight excluding hydrogens is 476 g/mol. The SMILES string of the molecule is Cc1cc(-c2cnn3c(NCCCn4ccnc4)cc(Nc4ccccc4)nc23)ccc1C(=O)NC1CC1. The second-order valence-corrected chi connectivity index (χ2v) is 9.67. The van der Waals surface area contributed by atoms with E-state index < -0.39 is 0 Å². The molecule has 38 heavy (non-hydrogen) atoms. The molecule has 6 rings (SSSR count). The summed E-state index contributed by atoms with van der Waals surface area (Å²) in [6.07, 6.45) is 10.5. The summed E-state index contributed by atoms with van der Waals surface area (Å²) in [6, 6.07) is 18.2. The average Bonchev–Trinajstić information content (AvgIpc) is 3.39. The molecule has 5 aromatic rings. The number of para-hydroxylation sites is 1. The molecule has 0 atom stereocenters. The highest BCUT2D eigenvalue weighted by atomic mass is 16.1. The number of rotatable bonds is 10. The lowest BCUT2D eigenvalue weighted by molar-refractivity contribution is 0.0950. The van der Waals surface area contributed by atoms with Gasteiger partial charge in [-0.1, -0.05) is 30.3 Å². The van der Waals surface area contributed by atoms with E-state index in [0.29, 0.717) is 11.6 Å². The van der Waals surface area contributed by atoms with Gasteiger partial charge in [-0.05, 0) is 55.5 Å². The van der Waals surface area contributed by atoms with Crippen LogP contribution >= 0.6 is 0 Å². The third kappa shape index (κ3) is 5.22. The van der Waals surface area contributed by atoms with Crippen LogP contribution in [0.15, 0.2) is 79.5 Å². The number of aromatic nitrogens is 5. The van der Waals surface area contributed by atoms with E-state index in [1.165, 1.54) is 0 Å². The highest BCUT2D eigenvalue weighted by Gasteiger charge is 2.24. The first-order valence-electron chi connectivity index (χ1n) is 13.0. The zero-order chi connectivity index (χ0) is 25.9. The maximum absolute atomic E-state index is 12.6. The van der Waals surface area contributed by atoms with Crippen molar-refractivity contribution in [1.29, 1.82) is 0 Å². The summed E-state index contributed by atoms with van der Waals surface area (Å²) in [7, 11) is 0. The maximum Gasteiger partial charge on any atom is 0.251 e. The van der Waals surface area contributed by atoms with Crippen molar-refractivity contribution in [2.75, 3.05) is 17.2 Å². The van der Waals surface area contributed by atoms with Crippen LogP contribution in [0.3, 0.4) is 0 Å². The largest absolute Gasteiger partial charge is 0.370 e. The van der Waals surface area contributed by atoms with Crippen molar-refractivity contribution in [2.45, 2.75) is 38.8 Å². The van der Waals surface area contributed by atoms with Gasteiger partial charge in [0.15, 0.2) is 5.65 Å².